The zero-order valence-electron chi connectivity index (χ0n) is 10.4. The highest BCUT2D eigenvalue weighted by atomic mass is 16.6. The number of pyridine rings is 1. The smallest absolute Gasteiger partial charge is 0.288 e. The van der Waals surface area contributed by atoms with E-state index in [-0.39, 0.29) is 30.2 Å². The summed E-state index contributed by atoms with van der Waals surface area (Å²) in [5.74, 6) is 0.0417. The summed E-state index contributed by atoms with van der Waals surface area (Å²) in [6.45, 7) is 2.51. The minimum absolute atomic E-state index is 0.109. The first-order valence-corrected chi connectivity index (χ1v) is 5.53. The third kappa shape index (κ3) is 3.28. The molecule has 0 radical (unpaired) electrons. The Balaban J connectivity index is 3.33. The number of rotatable bonds is 6. The van der Waals surface area contributed by atoms with E-state index < -0.39 is 4.92 Å². The van der Waals surface area contributed by atoms with Gasteiger partial charge in [-0.15, -0.1) is 0 Å². The average Bonchev–Trinajstić information content (AvgIpc) is 2.43. The number of hydrogen-bond acceptors (Lipinski definition) is 7. The molecule has 0 spiro atoms. The van der Waals surface area contributed by atoms with Crippen LogP contribution in [0.3, 0.4) is 0 Å². The van der Waals surface area contributed by atoms with Crippen LogP contribution in [0.5, 0.6) is 0 Å². The van der Waals surface area contributed by atoms with E-state index in [9.17, 15) is 10.1 Å². The fourth-order valence-electron chi connectivity index (χ4n) is 1.58. The van der Waals surface area contributed by atoms with E-state index in [4.69, 9.17) is 16.0 Å². The Kier molecular flexibility index (Phi) is 5.01. The summed E-state index contributed by atoms with van der Waals surface area (Å²) < 4.78 is 0. The van der Waals surface area contributed by atoms with Crippen molar-refractivity contribution in [1.29, 1.82) is 0 Å². The van der Waals surface area contributed by atoms with Crippen molar-refractivity contribution in [2.45, 2.75) is 6.92 Å². The van der Waals surface area contributed by atoms with Crippen LogP contribution in [0.15, 0.2) is 17.4 Å². The molecule has 4 N–H and O–H groups in total. The van der Waals surface area contributed by atoms with E-state index >= 15 is 0 Å². The maximum atomic E-state index is 10.7. The van der Waals surface area contributed by atoms with E-state index in [2.05, 4.69) is 10.1 Å². The first-order chi connectivity index (χ1) is 9.04. The van der Waals surface area contributed by atoms with E-state index in [1.165, 1.54) is 6.07 Å². The number of likely N-dealkylation sites (N-methyl/N-ethyl adjacent to an activating group) is 1. The van der Waals surface area contributed by atoms with Crippen LogP contribution in [0.4, 0.5) is 11.5 Å². The van der Waals surface area contributed by atoms with Gasteiger partial charge in [-0.1, -0.05) is 5.16 Å². The minimum Gasteiger partial charge on any atom is -0.409 e. The van der Waals surface area contributed by atoms with Gasteiger partial charge in [0.1, 0.15) is 12.0 Å². The highest BCUT2D eigenvalue weighted by Gasteiger charge is 2.19. The molecule has 0 aliphatic rings. The lowest BCUT2D eigenvalue weighted by Crippen LogP contribution is -2.30. The minimum atomic E-state index is -0.618. The summed E-state index contributed by atoms with van der Waals surface area (Å²) in [6, 6.07) is 1.18. The summed E-state index contributed by atoms with van der Waals surface area (Å²) in [4.78, 5) is 15.7. The third-order valence-corrected chi connectivity index (χ3v) is 2.50. The second kappa shape index (κ2) is 6.50. The lowest BCUT2D eigenvalue weighted by Gasteiger charge is -2.22. The molecule has 0 aliphatic carbocycles. The molecule has 1 rings (SSSR count). The van der Waals surface area contributed by atoms with Crippen molar-refractivity contribution >= 4 is 17.3 Å². The van der Waals surface area contributed by atoms with Crippen LogP contribution in [0.25, 0.3) is 0 Å². The highest BCUT2D eigenvalue weighted by Crippen LogP contribution is 2.22. The number of hydrogen-bond donors (Lipinski definition) is 3. The average molecular weight is 269 g/mol. The summed E-state index contributed by atoms with van der Waals surface area (Å²) >= 11 is 0. The maximum absolute atomic E-state index is 10.7. The summed E-state index contributed by atoms with van der Waals surface area (Å²) in [6.07, 6.45) is 1.09. The molecular formula is C10H15N5O4. The van der Waals surface area contributed by atoms with Gasteiger partial charge in [-0.3, -0.25) is 10.1 Å². The molecule has 0 unspecified atom stereocenters. The first-order valence-electron chi connectivity index (χ1n) is 5.53. The molecular weight excluding hydrogens is 254 g/mol. The van der Waals surface area contributed by atoms with Crippen molar-refractivity contribution in [2.24, 2.45) is 10.9 Å². The van der Waals surface area contributed by atoms with Crippen LogP contribution in [0.2, 0.25) is 0 Å². The van der Waals surface area contributed by atoms with Crippen LogP contribution >= 0.6 is 0 Å². The highest BCUT2D eigenvalue weighted by molar-refractivity contribution is 6.01. The van der Waals surface area contributed by atoms with Crippen LogP contribution in [-0.4, -0.2) is 45.8 Å². The van der Waals surface area contributed by atoms with Crippen molar-refractivity contribution in [2.75, 3.05) is 24.6 Å². The molecule has 0 saturated carbocycles. The molecule has 104 valence electrons. The molecule has 1 aromatic rings. The Morgan fingerprint density at radius 3 is 2.84 bits per heavy atom. The molecule has 9 nitrogen and oxygen atoms in total. The van der Waals surface area contributed by atoms with Gasteiger partial charge in [0.05, 0.1) is 17.1 Å². The number of anilines is 1. The van der Waals surface area contributed by atoms with Gasteiger partial charge in [-0.2, -0.15) is 0 Å². The lowest BCUT2D eigenvalue weighted by atomic mass is 10.2. The summed E-state index contributed by atoms with van der Waals surface area (Å²) in [5.41, 5.74) is 5.39. The lowest BCUT2D eigenvalue weighted by molar-refractivity contribution is -0.385. The fourth-order valence-corrected chi connectivity index (χ4v) is 1.58. The molecule has 1 heterocycles. The van der Waals surface area contributed by atoms with Crippen LogP contribution in [0.1, 0.15) is 12.5 Å². The van der Waals surface area contributed by atoms with Crippen molar-refractivity contribution in [3.63, 3.8) is 0 Å². The molecule has 19 heavy (non-hydrogen) atoms. The normalized spacial score (nSPS) is 11.4. The molecule has 0 bridgehead atoms. The quantitative estimate of drug-likeness (QED) is 0.215. The van der Waals surface area contributed by atoms with Crippen LogP contribution < -0.4 is 10.6 Å². The van der Waals surface area contributed by atoms with E-state index in [0.29, 0.717) is 12.4 Å². The van der Waals surface area contributed by atoms with Crippen LogP contribution in [-0.2, 0) is 0 Å². The molecule has 1 aromatic heterocycles. The summed E-state index contributed by atoms with van der Waals surface area (Å²) in [7, 11) is 0. The Labute approximate surface area is 109 Å². The Morgan fingerprint density at radius 1 is 1.68 bits per heavy atom. The standard InChI is InChI=1S/C10H15N5O4/c1-2-14(3-4-16)10-8(9(11)13-17)5-7(6-12-10)15(18)19/h5-6,16-17H,2-4H2,1H3,(H2,11,13). The third-order valence-electron chi connectivity index (χ3n) is 2.50. The molecule has 0 aromatic carbocycles. The van der Waals surface area contributed by atoms with Gasteiger partial charge in [0.2, 0.25) is 0 Å². The van der Waals surface area contributed by atoms with Gasteiger partial charge in [-0.25, -0.2) is 4.98 Å². The Hall–Kier alpha value is -2.42. The number of aliphatic hydroxyl groups excluding tert-OH is 1. The molecule has 9 heteroatoms. The molecule has 0 atom stereocenters. The molecule has 0 aliphatic heterocycles. The van der Waals surface area contributed by atoms with Crippen LogP contribution in [0, 0.1) is 10.1 Å². The van der Waals surface area contributed by atoms with Crippen molar-refractivity contribution in [3.8, 4) is 0 Å². The number of nitrogens with two attached hydrogens (primary N) is 1. The number of oxime groups is 1. The number of nitro groups is 1. The van der Waals surface area contributed by atoms with Gasteiger partial charge < -0.3 is 20.9 Å². The molecule has 0 fully saturated rings. The van der Waals surface area contributed by atoms with Gasteiger partial charge in [0.15, 0.2) is 5.84 Å². The van der Waals surface area contributed by atoms with Gasteiger partial charge in [0.25, 0.3) is 5.69 Å². The largest absolute Gasteiger partial charge is 0.409 e. The van der Waals surface area contributed by atoms with Gasteiger partial charge >= 0.3 is 0 Å². The zero-order valence-corrected chi connectivity index (χ0v) is 10.4. The van der Waals surface area contributed by atoms with Crippen molar-refractivity contribution < 1.29 is 15.2 Å². The number of amidine groups is 1. The zero-order chi connectivity index (χ0) is 14.4. The molecule has 0 amide bonds. The number of nitrogens with zero attached hydrogens (tertiary/aromatic N) is 4. The monoisotopic (exact) mass is 269 g/mol. The first kappa shape index (κ1) is 14.6. The van der Waals surface area contributed by atoms with Crippen molar-refractivity contribution in [3.05, 3.63) is 27.9 Å². The Morgan fingerprint density at radius 2 is 2.37 bits per heavy atom. The van der Waals surface area contributed by atoms with Gasteiger partial charge in [-0.05, 0) is 6.92 Å². The second-order valence-corrected chi connectivity index (χ2v) is 3.61. The second-order valence-electron chi connectivity index (χ2n) is 3.61. The summed E-state index contributed by atoms with van der Waals surface area (Å²) in [5, 5.41) is 31.2. The number of aromatic nitrogens is 1. The predicted molar refractivity (Wildman–Crippen MR) is 68.4 cm³/mol. The number of aliphatic hydroxyl groups is 1. The predicted octanol–water partition coefficient (Wildman–Crippen LogP) is -0.0971. The van der Waals surface area contributed by atoms with E-state index in [1.807, 2.05) is 6.92 Å². The molecule has 0 saturated heterocycles. The van der Waals surface area contributed by atoms with E-state index in [1.54, 1.807) is 4.90 Å². The van der Waals surface area contributed by atoms with Gasteiger partial charge in [0, 0.05) is 19.2 Å². The fraction of sp³-hybridized carbons (Fsp3) is 0.400. The van der Waals surface area contributed by atoms with Crippen molar-refractivity contribution in [1.82, 2.24) is 4.98 Å². The maximum Gasteiger partial charge on any atom is 0.288 e. The van der Waals surface area contributed by atoms with E-state index in [0.717, 1.165) is 6.20 Å². The topological polar surface area (TPSA) is 138 Å². The SMILES string of the molecule is CCN(CCO)c1ncc([N+](=O)[O-])cc1/C(N)=N/O. The Bertz CT molecular complexity index is 491.